The quantitative estimate of drug-likeness (QED) is 0.108. The molecule has 0 fully saturated rings. The maximum Gasteiger partial charge on any atom is 0.303 e. The summed E-state index contributed by atoms with van der Waals surface area (Å²) >= 11 is 0. The van der Waals surface area contributed by atoms with Crippen molar-refractivity contribution in [3.05, 3.63) is 82.6 Å². The molecule has 4 aliphatic rings. The van der Waals surface area contributed by atoms with E-state index in [0.717, 1.165) is 96.6 Å². The first-order chi connectivity index (χ1) is 21.4. The molecule has 0 unspecified atom stereocenters. The van der Waals surface area contributed by atoms with Crippen LogP contribution in [0.1, 0.15) is 89.5 Å². The normalized spacial score (nSPS) is 17.8. The van der Waals surface area contributed by atoms with Gasteiger partial charge in [-0.05, 0) is 105 Å². The van der Waals surface area contributed by atoms with Crippen molar-refractivity contribution in [1.82, 2.24) is 4.58 Å². The van der Waals surface area contributed by atoms with E-state index in [1.807, 2.05) is 0 Å². The van der Waals surface area contributed by atoms with E-state index in [2.05, 4.69) is 73.6 Å². The molecule has 0 aromatic heterocycles. The lowest BCUT2D eigenvalue weighted by atomic mass is 9.83. The van der Waals surface area contributed by atoms with Crippen molar-refractivity contribution < 1.29 is 27.3 Å². The average Bonchev–Trinajstić information content (AvgIpc) is 3.09. The number of rotatable bonds is 10. The number of benzene rings is 2. The summed E-state index contributed by atoms with van der Waals surface area (Å²) in [5, 5.41) is 10.2. The molecule has 1 aromatic rings. The monoisotopic (exact) mass is 633 g/mol. The number of carbonyl (C=O) groups is 1. The largest absolute Gasteiger partial charge is 0.481 e. The first kappa shape index (κ1) is 32.7. The van der Waals surface area contributed by atoms with Crippen LogP contribution >= 0.6 is 0 Å². The summed E-state index contributed by atoms with van der Waals surface area (Å²) < 4.78 is 42.9. The van der Waals surface area contributed by atoms with Crippen molar-refractivity contribution in [3.63, 3.8) is 0 Å². The van der Waals surface area contributed by atoms with Crippen LogP contribution in [0.4, 0.5) is 5.69 Å². The maximum atomic E-state index is 12.0. The summed E-state index contributed by atoms with van der Waals surface area (Å²) in [6, 6.07) is 13.5. The lowest BCUT2D eigenvalue weighted by Gasteiger charge is -2.27. The zero-order chi connectivity index (χ0) is 32.4. The van der Waals surface area contributed by atoms with Gasteiger partial charge in [-0.25, -0.2) is 4.58 Å². The highest BCUT2D eigenvalue weighted by atomic mass is 32.2. The summed E-state index contributed by atoms with van der Waals surface area (Å²) in [5.74, 6) is 1.00. The first-order valence-electron chi connectivity index (χ1n) is 16.1. The molecule has 0 spiro atoms. The van der Waals surface area contributed by atoms with Gasteiger partial charge in [-0.15, -0.1) is 0 Å². The molecule has 2 heterocycles. The molecule has 0 saturated heterocycles. The van der Waals surface area contributed by atoms with Crippen LogP contribution in [-0.4, -0.2) is 43.7 Å². The van der Waals surface area contributed by atoms with Crippen molar-refractivity contribution in [1.29, 1.82) is 0 Å². The van der Waals surface area contributed by atoms with E-state index < -0.39 is 21.5 Å². The Bertz CT molecular complexity index is 1790. The van der Waals surface area contributed by atoms with Gasteiger partial charge in [0.2, 0.25) is 5.36 Å². The van der Waals surface area contributed by atoms with E-state index >= 15 is 0 Å². The SMILES string of the molecule is CC[N+](CC)=c1ccc2cc3c(oc-2c1)/C(=C/C=C1/N(CCCCCC(=O)O)c2ccc(S(=O)(=O)O)cc2C1(C)C)CCCC3. The lowest BCUT2D eigenvalue weighted by Crippen LogP contribution is -2.29. The molecular weight excluding hydrogens is 588 g/mol. The summed E-state index contributed by atoms with van der Waals surface area (Å²) in [6.07, 6.45) is 10.6. The van der Waals surface area contributed by atoms with Gasteiger partial charge in [0.1, 0.15) is 24.6 Å². The van der Waals surface area contributed by atoms with Crippen LogP contribution in [0.3, 0.4) is 0 Å². The van der Waals surface area contributed by atoms with Gasteiger partial charge in [0.15, 0.2) is 0 Å². The zero-order valence-corrected chi connectivity index (χ0v) is 27.6. The fourth-order valence-corrected chi connectivity index (χ4v) is 7.27. The van der Waals surface area contributed by atoms with Crippen LogP contribution in [0, 0.1) is 0 Å². The number of allylic oxidation sites excluding steroid dienone is 4. The van der Waals surface area contributed by atoms with E-state index in [0.29, 0.717) is 13.0 Å². The van der Waals surface area contributed by atoms with Gasteiger partial charge in [0.05, 0.1) is 11.0 Å². The fourth-order valence-electron chi connectivity index (χ4n) is 6.76. The minimum absolute atomic E-state index is 0.122. The first-order valence-corrected chi connectivity index (χ1v) is 17.6. The van der Waals surface area contributed by atoms with Crippen LogP contribution in [0.2, 0.25) is 0 Å². The van der Waals surface area contributed by atoms with Crippen molar-refractivity contribution in [2.75, 3.05) is 24.5 Å². The summed E-state index contributed by atoms with van der Waals surface area (Å²) in [7, 11) is -4.36. The van der Waals surface area contributed by atoms with Crippen molar-refractivity contribution >= 4 is 27.3 Å². The highest BCUT2D eigenvalue weighted by Crippen LogP contribution is 2.49. The Kier molecular flexibility index (Phi) is 9.70. The molecule has 9 heteroatoms. The summed E-state index contributed by atoms with van der Waals surface area (Å²) in [6.45, 7) is 11.0. The van der Waals surface area contributed by atoms with Gasteiger partial charge >= 0.3 is 5.97 Å². The Morgan fingerprint density at radius 2 is 1.76 bits per heavy atom. The van der Waals surface area contributed by atoms with Gasteiger partial charge in [-0.1, -0.05) is 26.3 Å². The van der Waals surface area contributed by atoms with Gasteiger partial charge in [-0.2, -0.15) is 8.42 Å². The predicted molar refractivity (Wildman–Crippen MR) is 178 cm³/mol. The molecule has 2 N–H and O–H groups in total. The van der Waals surface area contributed by atoms with Gasteiger partial charge < -0.3 is 14.4 Å². The molecular formula is C36H45N2O6S+. The van der Waals surface area contributed by atoms with E-state index in [1.165, 1.54) is 11.6 Å². The Hall–Kier alpha value is -3.69. The smallest absolute Gasteiger partial charge is 0.303 e. The van der Waals surface area contributed by atoms with Crippen molar-refractivity contribution in [3.8, 4) is 11.3 Å². The molecule has 0 amide bonds. The highest BCUT2D eigenvalue weighted by Gasteiger charge is 2.40. The Morgan fingerprint density at radius 3 is 2.47 bits per heavy atom. The average molecular weight is 634 g/mol. The third kappa shape index (κ3) is 6.94. The van der Waals surface area contributed by atoms with E-state index in [4.69, 9.17) is 9.52 Å². The second kappa shape index (κ2) is 13.3. The third-order valence-corrected chi connectivity index (χ3v) is 10.1. The number of unbranched alkanes of at least 4 members (excludes halogenated alkanes) is 2. The molecule has 240 valence electrons. The van der Waals surface area contributed by atoms with Crippen molar-refractivity contribution in [2.45, 2.75) is 89.4 Å². The van der Waals surface area contributed by atoms with Crippen LogP contribution in [0.15, 0.2) is 69.6 Å². The van der Waals surface area contributed by atoms with Crippen molar-refractivity contribution in [2.24, 2.45) is 0 Å². The lowest BCUT2D eigenvalue weighted by molar-refractivity contribution is -0.137. The molecule has 0 atom stereocenters. The Labute approximate surface area is 266 Å². The summed E-state index contributed by atoms with van der Waals surface area (Å²) in [5.41, 5.74) is 5.65. The third-order valence-electron chi connectivity index (χ3n) is 9.27. The number of carboxylic acid groups (broad SMARTS) is 1. The number of hydrogen-bond acceptors (Lipinski definition) is 5. The van der Waals surface area contributed by atoms with Gasteiger partial charge in [-0.3, -0.25) is 9.35 Å². The predicted octanol–water partition coefficient (Wildman–Crippen LogP) is 6.88. The van der Waals surface area contributed by atoms with Crippen LogP contribution in [0.25, 0.3) is 16.9 Å². The Balaban J connectivity index is 1.58. The molecule has 0 saturated carbocycles. The number of nitrogens with zero attached hydrogens (tertiary/aromatic N) is 2. The summed E-state index contributed by atoms with van der Waals surface area (Å²) in [4.78, 5) is 13.1. The van der Waals surface area contributed by atoms with Crippen LogP contribution in [0.5, 0.6) is 0 Å². The van der Waals surface area contributed by atoms with Crippen LogP contribution < -0.4 is 14.8 Å². The maximum absolute atomic E-state index is 12.0. The molecule has 1 aromatic carbocycles. The molecule has 2 aliphatic carbocycles. The zero-order valence-electron chi connectivity index (χ0n) is 26.8. The molecule has 45 heavy (non-hydrogen) atoms. The Morgan fingerprint density at radius 1 is 1.00 bits per heavy atom. The number of anilines is 1. The molecule has 0 radical (unpaired) electrons. The number of carboxylic acids is 1. The molecule has 2 aliphatic heterocycles. The molecule has 5 rings (SSSR count). The molecule has 8 nitrogen and oxygen atoms in total. The van der Waals surface area contributed by atoms with E-state index in [1.54, 1.807) is 12.1 Å². The highest BCUT2D eigenvalue weighted by molar-refractivity contribution is 7.85. The molecule has 0 bridgehead atoms. The standard InChI is InChI=1S/C36H44N2O6S/c1-5-37(6-2)28-17-15-26-22-27-13-10-9-12-25(35(27)44-32(26)23-28)16-20-33-36(3,4)30-24-29(45(41,42)43)18-19-31(30)38(33)21-11-7-8-14-34(39)40/h15-20,22-24H,5-14,21H2,1-4H3,(H-,39,40,41,42,43)/p+1. The number of aryl methyl sites for hydroxylation is 1. The minimum atomic E-state index is -4.36. The number of fused-ring (bicyclic) bond motifs is 3. The second-order valence-corrected chi connectivity index (χ2v) is 14.0. The number of hydrogen-bond donors (Lipinski definition) is 2. The van der Waals surface area contributed by atoms with Gasteiger partial charge in [0.25, 0.3) is 10.1 Å². The minimum Gasteiger partial charge on any atom is -0.481 e. The van der Waals surface area contributed by atoms with E-state index in [-0.39, 0.29) is 11.3 Å². The van der Waals surface area contributed by atoms with Gasteiger partial charge in [0, 0.05) is 41.4 Å². The second-order valence-electron chi connectivity index (χ2n) is 12.6. The van der Waals surface area contributed by atoms with Crippen LogP contribution in [-0.2, 0) is 26.7 Å². The topological polar surface area (TPSA) is 111 Å². The fraction of sp³-hybridized carbons (Fsp3) is 0.444. The van der Waals surface area contributed by atoms with E-state index in [9.17, 15) is 17.8 Å². The number of aliphatic carboxylic acids is 1.